The van der Waals surface area contributed by atoms with Crippen LogP contribution in [0.1, 0.15) is 17.9 Å². The van der Waals surface area contributed by atoms with Gasteiger partial charge in [-0.3, -0.25) is 4.79 Å². The maximum absolute atomic E-state index is 12.2. The molecule has 0 saturated carbocycles. The molecule has 0 bridgehead atoms. The molecule has 2 heterocycles. The molecule has 2 atom stereocenters. The second-order valence-corrected chi connectivity index (χ2v) is 4.99. The minimum absolute atomic E-state index is 0.0380. The van der Waals surface area contributed by atoms with Crippen LogP contribution in [0.5, 0.6) is 11.5 Å². The highest BCUT2D eigenvalue weighted by Crippen LogP contribution is 2.45. The molecule has 0 spiro atoms. The average molecular weight is 262 g/mol. The summed E-state index contributed by atoms with van der Waals surface area (Å²) in [7, 11) is 3.26. The Morgan fingerprint density at radius 1 is 1.21 bits per heavy atom. The van der Waals surface area contributed by atoms with E-state index in [4.69, 9.17) is 9.47 Å². The first-order chi connectivity index (χ1) is 9.24. The van der Waals surface area contributed by atoms with Crippen LogP contribution in [-0.4, -0.2) is 33.2 Å². The lowest BCUT2D eigenvalue weighted by atomic mass is 9.77. The van der Waals surface area contributed by atoms with Gasteiger partial charge < -0.3 is 20.1 Å². The monoisotopic (exact) mass is 262 g/mol. The minimum Gasteiger partial charge on any atom is -0.497 e. The molecule has 102 valence electrons. The summed E-state index contributed by atoms with van der Waals surface area (Å²) in [5, 5.41) is 6.34. The summed E-state index contributed by atoms with van der Waals surface area (Å²) in [6.07, 6.45) is 0.866. The van der Waals surface area contributed by atoms with Gasteiger partial charge in [0.2, 0.25) is 5.91 Å². The molecule has 5 heteroatoms. The number of hydrogen-bond donors (Lipinski definition) is 2. The highest BCUT2D eigenvalue weighted by molar-refractivity contribution is 5.97. The lowest BCUT2D eigenvalue weighted by Crippen LogP contribution is -2.44. The lowest BCUT2D eigenvalue weighted by molar-refractivity contribution is -0.121. The van der Waals surface area contributed by atoms with Gasteiger partial charge in [0, 0.05) is 36.1 Å². The summed E-state index contributed by atoms with van der Waals surface area (Å²) < 4.78 is 10.7. The third kappa shape index (κ3) is 1.94. The number of amides is 1. The van der Waals surface area contributed by atoms with Crippen LogP contribution in [0.2, 0.25) is 0 Å². The molecule has 5 nitrogen and oxygen atoms in total. The number of carbonyl (C=O) groups is 1. The second-order valence-electron chi connectivity index (χ2n) is 4.99. The number of benzene rings is 1. The first-order valence-corrected chi connectivity index (χ1v) is 6.52. The van der Waals surface area contributed by atoms with E-state index in [1.54, 1.807) is 14.2 Å². The van der Waals surface area contributed by atoms with E-state index in [2.05, 4.69) is 10.6 Å². The molecule has 2 aliphatic rings. The number of rotatable bonds is 2. The van der Waals surface area contributed by atoms with Crippen molar-refractivity contribution in [3.05, 3.63) is 17.7 Å². The standard InChI is InChI=1S/C14H18N2O3/c1-18-8-5-11-13(12(6-8)19-2)10-7-15-4-3-9(10)14(17)16-11/h5-6,9-10,15H,3-4,7H2,1-2H3,(H,16,17). The predicted octanol–water partition coefficient (Wildman–Crippen LogP) is 1.35. The zero-order valence-corrected chi connectivity index (χ0v) is 11.2. The Labute approximate surface area is 112 Å². The predicted molar refractivity (Wildman–Crippen MR) is 71.9 cm³/mol. The summed E-state index contributed by atoms with van der Waals surface area (Å²) in [6, 6.07) is 3.74. The van der Waals surface area contributed by atoms with Crippen molar-refractivity contribution in [2.45, 2.75) is 12.3 Å². The Morgan fingerprint density at radius 3 is 2.79 bits per heavy atom. The van der Waals surface area contributed by atoms with E-state index in [1.165, 1.54) is 0 Å². The molecule has 1 aromatic carbocycles. The minimum atomic E-state index is 0.0380. The number of methoxy groups -OCH3 is 2. The Balaban J connectivity index is 2.12. The number of fused-ring (bicyclic) bond motifs is 3. The van der Waals surface area contributed by atoms with Crippen molar-refractivity contribution in [1.82, 2.24) is 5.32 Å². The molecule has 1 saturated heterocycles. The van der Waals surface area contributed by atoms with Crippen LogP contribution in [-0.2, 0) is 4.79 Å². The molecular formula is C14H18N2O3. The van der Waals surface area contributed by atoms with Gasteiger partial charge in [0.25, 0.3) is 0 Å². The number of ether oxygens (including phenoxy) is 2. The molecule has 3 rings (SSSR count). The molecule has 0 radical (unpaired) electrons. The fraction of sp³-hybridized carbons (Fsp3) is 0.500. The maximum Gasteiger partial charge on any atom is 0.228 e. The van der Waals surface area contributed by atoms with Crippen molar-refractivity contribution < 1.29 is 14.3 Å². The number of carbonyl (C=O) groups excluding carboxylic acids is 1. The van der Waals surface area contributed by atoms with Gasteiger partial charge in [0.15, 0.2) is 0 Å². The van der Waals surface area contributed by atoms with E-state index in [0.29, 0.717) is 5.75 Å². The molecule has 1 aromatic rings. The summed E-state index contributed by atoms with van der Waals surface area (Å²) in [4.78, 5) is 12.2. The van der Waals surface area contributed by atoms with E-state index >= 15 is 0 Å². The Morgan fingerprint density at radius 2 is 2.05 bits per heavy atom. The molecule has 19 heavy (non-hydrogen) atoms. The van der Waals surface area contributed by atoms with Crippen LogP contribution in [0.3, 0.4) is 0 Å². The third-order valence-corrected chi connectivity index (χ3v) is 4.02. The molecule has 1 amide bonds. The first kappa shape index (κ1) is 12.3. The largest absolute Gasteiger partial charge is 0.497 e. The molecule has 1 fully saturated rings. The fourth-order valence-electron chi connectivity index (χ4n) is 3.08. The van der Waals surface area contributed by atoms with E-state index < -0.39 is 0 Å². The van der Waals surface area contributed by atoms with Crippen molar-refractivity contribution in [2.24, 2.45) is 5.92 Å². The van der Waals surface area contributed by atoms with Gasteiger partial charge in [-0.15, -0.1) is 0 Å². The van der Waals surface area contributed by atoms with Gasteiger partial charge in [0.05, 0.1) is 19.9 Å². The zero-order valence-electron chi connectivity index (χ0n) is 11.2. The van der Waals surface area contributed by atoms with Crippen LogP contribution in [0.15, 0.2) is 12.1 Å². The fourth-order valence-corrected chi connectivity index (χ4v) is 3.08. The van der Waals surface area contributed by atoms with E-state index in [9.17, 15) is 4.79 Å². The van der Waals surface area contributed by atoms with Crippen molar-refractivity contribution in [3.8, 4) is 11.5 Å². The van der Waals surface area contributed by atoms with Gasteiger partial charge in [-0.25, -0.2) is 0 Å². The molecule has 2 N–H and O–H groups in total. The highest BCUT2D eigenvalue weighted by Gasteiger charge is 2.39. The lowest BCUT2D eigenvalue weighted by Gasteiger charge is -2.37. The molecule has 2 unspecified atom stereocenters. The summed E-state index contributed by atoms with van der Waals surface area (Å²) in [5.41, 5.74) is 1.89. The van der Waals surface area contributed by atoms with E-state index in [1.807, 2.05) is 12.1 Å². The Hall–Kier alpha value is -1.75. The number of piperidine rings is 1. The van der Waals surface area contributed by atoms with Gasteiger partial charge >= 0.3 is 0 Å². The van der Waals surface area contributed by atoms with Crippen molar-refractivity contribution in [2.75, 3.05) is 32.6 Å². The Bertz CT molecular complexity index is 516. The average Bonchev–Trinajstić information content (AvgIpc) is 2.46. The molecule has 0 aliphatic carbocycles. The van der Waals surface area contributed by atoms with Gasteiger partial charge in [-0.05, 0) is 13.0 Å². The number of hydrogen-bond acceptors (Lipinski definition) is 4. The molecular weight excluding hydrogens is 244 g/mol. The first-order valence-electron chi connectivity index (χ1n) is 6.52. The summed E-state index contributed by atoms with van der Waals surface area (Å²) in [5.74, 6) is 1.80. The Kier molecular flexibility index (Phi) is 3.06. The van der Waals surface area contributed by atoms with Crippen LogP contribution < -0.4 is 20.1 Å². The normalized spacial score (nSPS) is 25.1. The second kappa shape index (κ2) is 4.74. The topological polar surface area (TPSA) is 59.6 Å². The van der Waals surface area contributed by atoms with Crippen LogP contribution >= 0.6 is 0 Å². The van der Waals surface area contributed by atoms with Gasteiger partial charge in [-0.1, -0.05) is 0 Å². The van der Waals surface area contributed by atoms with Gasteiger partial charge in [-0.2, -0.15) is 0 Å². The van der Waals surface area contributed by atoms with Crippen molar-refractivity contribution in [1.29, 1.82) is 0 Å². The van der Waals surface area contributed by atoms with Crippen molar-refractivity contribution in [3.63, 3.8) is 0 Å². The number of anilines is 1. The molecule has 0 aromatic heterocycles. The SMILES string of the molecule is COc1cc2c(c(OC)c1)C1CNCCC1C(=O)N2. The smallest absolute Gasteiger partial charge is 0.228 e. The quantitative estimate of drug-likeness (QED) is 0.844. The summed E-state index contributed by atoms with van der Waals surface area (Å²) in [6.45, 7) is 1.70. The van der Waals surface area contributed by atoms with Crippen LogP contribution in [0.25, 0.3) is 0 Å². The van der Waals surface area contributed by atoms with Crippen LogP contribution in [0, 0.1) is 5.92 Å². The zero-order chi connectivity index (χ0) is 13.4. The molecule has 2 aliphatic heterocycles. The maximum atomic E-state index is 12.2. The number of nitrogens with one attached hydrogen (secondary N) is 2. The highest BCUT2D eigenvalue weighted by atomic mass is 16.5. The third-order valence-electron chi connectivity index (χ3n) is 4.02. The van der Waals surface area contributed by atoms with E-state index in [0.717, 1.165) is 36.5 Å². The van der Waals surface area contributed by atoms with Crippen molar-refractivity contribution >= 4 is 11.6 Å². The van der Waals surface area contributed by atoms with E-state index in [-0.39, 0.29) is 17.7 Å². The summed E-state index contributed by atoms with van der Waals surface area (Å²) >= 11 is 0. The van der Waals surface area contributed by atoms with Crippen LogP contribution in [0.4, 0.5) is 5.69 Å². The van der Waals surface area contributed by atoms with Gasteiger partial charge in [0.1, 0.15) is 11.5 Å².